The summed E-state index contributed by atoms with van der Waals surface area (Å²) < 4.78 is 29.2. The van der Waals surface area contributed by atoms with E-state index in [0.717, 1.165) is 6.26 Å². The second kappa shape index (κ2) is 4.37. The van der Waals surface area contributed by atoms with E-state index in [1.807, 2.05) is 0 Å². The second-order valence-electron chi connectivity index (χ2n) is 3.51. The Kier molecular flexibility index (Phi) is 3.63. The lowest BCUT2D eigenvalue weighted by atomic mass is 10.1. The Hall–Kier alpha value is -0.460. The van der Waals surface area contributed by atoms with Gasteiger partial charge in [0.2, 0.25) is 10.0 Å². The number of Topliss-reactive ketones (excluding diaryl/α,β-unsaturated/α-hetero) is 1. The molecule has 1 fully saturated rings. The molecule has 1 aliphatic heterocycles. The third-order valence-electron chi connectivity index (χ3n) is 2.12. The van der Waals surface area contributed by atoms with E-state index in [9.17, 15) is 13.2 Å². The molecule has 1 heterocycles. The van der Waals surface area contributed by atoms with Crippen molar-refractivity contribution in [1.82, 2.24) is 4.31 Å². The SMILES string of the molecule is CC(=O)CC1COCCN1S(C)(=O)=O. The van der Waals surface area contributed by atoms with Crippen molar-refractivity contribution >= 4 is 15.8 Å². The van der Waals surface area contributed by atoms with E-state index in [4.69, 9.17) is 4.74 Å². The van der Waals surface area contributed by atoms with Gasteiger partial charge in [0.05, 0.1) is 25.5 Å². The molecule has 0 spiro atoms. The van der Waals surface area contributed by atoms with E-state index in [1.54, 1.807) is 0 Å². The third kappa shape index (κ3) is 3.04. The average molecular weight is 221 g/mol. The van der Waals surface area contributed by atoms with Crippen molar-refractivity contribution in [1.29, 1.82) is 0 Å². The molecule has 1 aliphatic rings. The molecule has 82 valence electrons. The zero-order valence-corrected chi connectivity index (χ0v) is 9.21. The number of carbonyl (C=O) groups excluding carboxylic acids is 1. The van der Waals surface area contributed by atoms with Crippen LogP contribution in [-0.4, -0.2) is 50.6 Å². The Morgan fingerprint density at radius 1 is 1.57 bits per heavy atom. The number of rotatable bonds is 3. The van der Waals surface area contributed by atoms with Crippen LogP contribution in [0.2, 0.25) is 0 Å². The summed E-state index contributed by atoms with van der Waals surface area (Å²) in [5.41, 5.74) is 0. The summed E-state index contributed by atoms with van der Waals surface area (Å²) in [6.07, 6.45) is 1.39. The Morgan fingerprint density at radius 2 is 2.21 bits per heavy atom. The van der Waals surface area contributed by atoms with E-state index in [0.29, 0.717) is 19.8 Å². The van der Waals surface area contributed by atoms with Gasteiger partial charge in [-0.2, -0.15) is 4.31 Å². The van der Waals surface area contributed by atoms with Crippen LogP contribution in [0.4, 0.5) is 0 Å². The fourth-order valence-corrected chi connectivity index (χ4v) is 2.65. The van der Waals surface area contributed by atoms with E-state index < -0.39 is 10.0 Å². The van der Waals surface area contributed by atoms with Crippen LogP contribution >= 0.6 is 0 Å². The van der Waals surface area contributed by atoms with Crippen molar-refractivity contribution in [2.24, 2.45) is 0 Å². The molecule has 0 aromatic rings. The number of hydrogen-bond acceptors (Lipinski definition) is 4. The lowest BCUT2D eigenvalue weighted by Crippen LogP contribution is -2.48. The highest BCUT2D eigenvalue weighted by molar-refractivity contribution is 7.88. The smallest absolute Gasteiger partial charge is 0.211 e. The van der Waals surface area contributed by atoms with Gasteiger partial charge in [-0.25, -0.2) is 8.42 Å². The molecule has 1 saturated heterocycles. The Bertz CT molecular complexity index is 311. The number of carbonyl (C=O) groups is 1. The maximum atomic E-state index is 11.3. The fraction of sp³-hybridized carbons (Fsp3) is 0.875. The molecule has 1 atom stereocenters. The van der Waals surface area contributed by atoms with Gasteiger partial charge in [-0.3, -0.25) is 4.79 Å². The van der Waals surface area contributed by atoms with E-state index in [1.165, 1.54) is 11.2 Å². The highest BCUT2D eigenvalue weighted by Gasteiger charge is 2.30. The molecule has 0 aromatic carbocycles. The van der Waals surface area contributed by atoms with Gasteiger partial charge >= 0.3 is 0 Å². The van der Waals surface area contributed by atoms with Crippen LogP contribution < -0.4 is 0 Å². The van der Waals surface area contributed by atoms with Gasteiger partial charge in [0.15, 0.2) is 0 Å². The van der Waals surface area contributed by atoms with Gasteiger partial charge < -0.3 is 4.74 Å². The Morgan fingerprint density at radius 3 is 2.71 bits per heavy atom. The second-order valence-corrected chi connectivity index (χ2v) is 5.44. The lowest BCUT2D eigenvalue weighted by Gasteiger charge is -2.32. The molecule has 0 aromatic heterocycles. The zero-order chi connectivity index (χ0) is 10.8. The predicted octanol–water partition coefficient (Wildman–Crippen LogP) is -0.374. The highest BCUT2D eigenvalue weighted by Crippen LogP contribution is 2.14. The zero-order valence-electron chi connectivity index (χ0n) is 8.39. The van der Waals surface area contributed by atoms with Crippen LogP contribution in [0.5, 0.6) is 0 Å². The lowest BCUT2D eigenvalue weighted by molar-refractivity contribution is -0.118. The summed E-state index contributed by atoms with van der Waals surface area (Å²) >= 11 is 0. The van der Waals surface area contributed by atoms with Gasteiger partial charge in [-0.15, -0.1) is 0 Å². The van der Waals surface area contributed by atoms with Crippen molar-refractivity contribution in [2.75, 3.05) is 26.0 Å². The van der Waals surface area contributed by atoms with Crippen LogP contribution in [-0.2, 0) is 19.6 Å². The van der Waals surface area contributed by atoms with Gasteiger partial charge in [0, 0.05) is 13.0 Å². The summed E-state index contributed by atoms with van der Waals surface area (Å²) in [6, 6.07) is -0.323. The van der Waals surface area contributed by atoms with Crippen LogP contribution in [0.15, 0.2) is 0 Å². The maximum Gasteiger partial charge on any atom is 0.211 e. The molecular weight excluding hydrogens is 206 g/mol. The number of hydrogen-bond donors (Lipinski definition) is 0. The van der Waals surface area contributed by atoms with E-state index in [2.05, 4.69) is 0 Å². The third-order valence-corrected chi connectivity index (χ3v) is 3.46. The van der Waals surface area contributed by atoms with Gasteiger partial charge in [-0.1, -0.05) is 0 Å². The molecule has 0 radical (unpaired) electrons. The van der Waals surface area contributed by atoms with Gasteiger partial charge in [0.1, 0.15) is 5.78 Å². The molecule has 0 aliphatic carbocycles. The summed E-state index contributed by atoms with van der Waals surface area (Å²) in [7, 11) is -3.22. The number of ketones is 1. The number of morpholine rings is 1. The van der Waals surface area contributed by atoms with Crippen molar-refractivity contribution < 1.29 is 17.9 Å². The number of sulfonamides is 1. The standard InChI is InChI=1S/C8H15NO4S/c1-7(10)5-8-6-13-4-3-9(8)14(2,11)12/h8H,3-6H2,1-2H3. The minimum Gasteiger partial charge on any atom is -0.378 e. The summed E-state index contributed by atoms with van der Waals surface area (Å²) in [5, 5.41) is 0. The first-order valence-corrected chi connectivity index (χ1v) is 6.30. The van der Waals surface area contributed by atoms with Crippen molar-refractivity contribution in [3.8, 4) is 0 Å². The normalized spacial score (nSPS) is 24.9. The average Bonchev–Trinajstić information content (AvgIpc) is 2.01. The van der Waals surface area contributed by atoms with Gasteiger partial charge in [-0.05, 0) is 6.92 Å². The summed E-state index contributed by atoms with van der Waals surface area (Å²) in [5.74, 6) is -0.0193. The topological polar surface area (TPSA) is 63.7 Å². The fourth-order valence-electron chi connectivity index (χ4n) is 1.57. The first-order chi connectivity index (χ1) is 6.41. The molecule has 0 saturated carbocycles. The number of nitrogens with zero attached hydrogens (tertiary/aromatic N) is 1. The molecule has 1 unspecified atom stereocenters. The van der Waals surface area contributed by atoms with Crippen LogP contribution in [0, 0.1) is 0 Å². The molecular formula is C8H15NO4S. The van der Waals surface area contributed by atoms with E-state index >= 15 is 0 Å². The minimum atomic E-state index is -3.22. The van der Waals surface area contributed by atoms with Gasteiger partial charge in [0.25, 0.3) is 0 Å². The maximum absolute atomic E-state index is 11.3. The molecule has 0 amide bonds. The monoisotopic (exact) mass is 221 g/mol. The van der Waals surface area contributed by atoms with Crippen LogP contribution in [0.3, 0.4) is 0 Å². The molecule has 5 nitrogen and oxygen atoms in total. The highest BCUT2D eigenvalue weighted by atomic mass is 32.2. The Balaban J connectivity index is 2.74. The predicted molar refractivity (Wildman–Crippen MR) is 51.5 cm³/mol. The molecule has 0 N–H and O–H groups in total. The quantitative estimate of drug-likeness (QED) is 0.652. The van der Waals surface area contributed by atoms with Crippen molar-refractivity contribution in [3.63, 3.8) is 0 Å². The van der Waals surface area contributed by atoms with Crippen molar-refractivity contribution in [2.45, 2.75) is 19.4 Å². The first kappa shape index (κ1) is 11.6. The molecule has 0 bridgehead atoms. The summed E-state index contributed by atoms with van der Waals surface area (Å²) in [4.78, 5) is 10.9. The summed E-state index contributed by atoms with van der Waals surface area (Å²) in [6.45, 7) is 2.51. The van der Waals surface area contributed by atoms with Crippen LogP contribution in [0.1, 0.15) is 13.3 Å². The molecule has 6 heteroatoms. The number of ether oxygens (including phenoxy) is 1. The minimum absolute atomic E-state index is 0.0193. The van der Waals surface area contributed by atoms with Crippen LogP contribution in [0.25, 0.3) is 0 Å². The largest absolute Gasteiger partial charge is 0.378 e. The van der Waals surface area contributed by atoms with Crippen molar-refractivity contribution in [3.05, 3.63) is 0 Å². The molecule has 1 rings (SSSR count). The first-order valence-electron chi connectivity index (χ1n) is 4.45. The Labute approximate surface area is 84.1 Å². The van der Waals surface area contributed by atoms with E-state index in [-0.39, 0.29) is 18.2 Å². The molecule has 14 heavy (non-hydrogen) atoms.